The zero-order chi connectivity index (χ0) is 13.1. The molecule has 0 bridgehead atoms. The van der Waals surface area contributed by atoms with Gasteiger partial charge in [-0.05, 0) is 32.4 Å². The lowest BCUT2D eigenvalue weighted by molar-refractivity contribution is 0.0952. The maximum Gasteiger partial charge on any atom is 0.181 e. The van der Waals surface area contributed by atoms with E-state index in [2.05, 4.69) is 5.32 Å². The van der Waals surface area contributed by atoms with E-state index in [4.69, 9.17) is 27.9 Å². The van der Waals surface area contributed by atoms with Gasteiger partial charge < -0.3 is 10.1 Å². The van der Waals surface area contributed by atoms with Crippen molar-refractivity contribution in [1.82, 2.24) is 5.32 Å². The van der Waals surface area contributed by atoms with Gasteiger partial charge in [-0.15, -0.1) is 0 Å². The highest BCUT2D eigenvalue weighted by atomic mass is 35.5. The number of ketones is 1. The van der Waals surface area contributed by atoms with Crippen molar-refractivity contribution >= 4 is 29.0 Å². The number of halogens is 2. The fourth-order valence-electron chi connectivity index (χ4n) is 2.08. The van der Waals surface area contributed by atoms with Gasteiger partial charge in [0.15, 0.2) is 5.78 Å². The topological polar surface area (TPSA) is 38.3 Å². The van der Waals surface area contributed by atoms with Crippen LogP contribution in [0.25, 0.3) is 0 Å². The van der Waals surface area contributed by atoms with Crippen LogP contribution < -0.4 is 10.1 Å². The van der Waals surface area contributed by atoms with Crippen molar-refractivity contribution in [3.63, 3.8) is 0 Å². The second-order valence-electron chi connectivity index (χ2n) is 4.21. The van der Waals surface area contributed by atoms with Gasteiger partial charge in [0, 0.05) is 11.6 Å². The minimum Gasteiger partial charge on any atom is -0.492 e. The number of carbonyl (C=O) groups is 1. The quantitative estimate of drug-likeness (QED) is 0.864. The van der Waals surface area contributed by atoms with Crippen molar-refractivity contribution in [2.75, 3.05) is 13.2 Å². The number of benzene rings is 1. The Kier molecular flexibility index (Phi) is 4.49. The predicted octanol–water partition coefficient (Wildman–Crippen LogP) is 3.33. The molecular weight excluding hydrogens is 273 g/mol. The van der Waals surface area contributed by atoms with E-state index in [0.717, 1.165) is 19.4 Å². The highest BCUT2D eigenvalue weighted by molar-refractivity contribution is 6.37. The van der Waals surface area contributed by atoms with E-state index in [9.17, 15) is 4.79 Å². The van der Waals surface area contributed by atoms with Gasteiger partial charge in [0.1, 0.15) is 5.75 Å². The summed E-state index contributed by atoms with van der Waals surface area (Å²) in [7, 11) is 0. The van der Waals surface area contributed by atoms with Gasteiger partial charge in [-0.1, -0.05) is 23.2 Å². The lowest BCUT2D eigenvalue weighted by Gasteiger charge is -2.13. The molecule has 0 aromatic heterocycles. The SMILES string of the molecule is CCOc1cc(Cl)c(C(=O)C2CCCN2)cc1Cl. The maximum absolute atomic E-state index is 12.2. The van der Waals surface area contributed by atoms with Crippen LogP contribution in [0.2, 0.25) is 10.0 Å². The van der Waals surface area contributed by atoms with Crippen LogP contribution in [0.15, 0.2) is 12.1 Å². The Hall–Kier alpha value is -0.770. The lowest BCUT2D eigenvalue weighted by Crippen LogP contribution is -2.30. The molecule has 98 valence electrons. The predicted molar refractivity (Wildman–Crippen MR) is 73.0 cm³/mol. The second kappa shape index (κ2) is 5.91. The molecule has 5 heteroatoms. The fourth-order valence-corrected chi connectivity index (χ4v) is 2.54. The van der Waals surface area contributed by atoms with E-state index >= 15 is 0 Å². The number of carbonyl (C=O) groups excluding carboxylic acids is 1. The summed E-state index contributed by atoms with van der Waals surface area (Å²) in [6, 6.07) is 3.06. The molecule has 0 saturated carbocycles. The van der Waals surface area contributed by atoms with Crippen LogP contribution >= 0.6 is 23.2 Å². The third-order valence-corrected chi connectivity index (χ3v) is 3.57. The van der Waals surface area contributed by atoms with E-state index in [1.807, 2.05) is 6.92 Å². The molecule has 1 aliphatic heterocycles. The average molecular weight is 288 g/mol. The standard InChI is InChI=1S/C13H15Cl2NO2/c1-2-18-12-7-9(14)8(6-10(12)15)13(17)11-4-3-5-16-11/h6-7,11,16H,2-5H2,1H3. The van der Waals surface area contributed by atoms with E-state index in [1.54, 1.807) is 12.1 Å². The first-order valence-corrected chi connectivity index (χ1v) is 6.78. The molecule has 1 unspecified atom stereocenters. The summed E-state index contributed by atoms with van der Waals surface area (Å²) in [5.74, 6) is 0.516. The smallest absolute Gasteiger partial charge is 0.181 e. The maximum atomic E-state index is 12.2. The molecule has 18 heavy (non-hydrogen) atoms. The molecule has 3 nitrogen and oxygen atoms in total. The highest BCUT2D eigenvalue weighted by Crippen LogP contribution is 2.32. The van der Waals surface area contributed by atoms with Gasteiger partial charge in [-0.2, -0.15) is 0 Å². The molecule has 1 aromatic rings. The third-order valence-electron chi connectivity index (χ3n) is 2.96. The number of hydrogen-bond acceptors (Lipinski definition) is 3. The minimum absolute atomic E-state index is 0.00227. The molecule has 1 fully saturated rings. The largest absolute Gasteiger partial charge is 0.492 e. The fraction of sp³-hybridized carbons (Fsp3) is 0.462. The minimum atomic E-state index is -0.142. The molecule has 1 N–H and O–H groups in total. The summed E-state index contributed by atoms with van der Waals surface area (Å²) in [5, 5.41) is 3.97. The van der Waals surface area contributed by atoms with Gasteiger partial charge in [-0.3, -0.25) is 4.79 Å². The van der Waals surface area contributed by atoms with Crippen LogP contribution in [-0.2, 0) is 0 Å². The molecule has 1 aromatic carbocycles. The molecular formula is C13H15Cl2NO2. The summed E-state index contributed by atoms with van der Waals surface area (Å²) in [5.41, 5.74) is 0.463. The average Bonchev–Trinajstić information content (AvgIpc) is 2.86. The number of Topliss-reactive ketones (excluding diaryl/α,β-unsaturated/α-hetero) is 1. The van der Waals surface area contributed by atoms with Crippen molar-refractivity contribution < 1.29 is 9.53 Å². The van der Waals surface area contributed by atoms with Crippen LogP contribution in [0.3, 0.4) is 0 Å². The van der Waals surface area contributed by atoms with Crippen LogP contribution in [0.5, 0.6) is 5.75 Å². The second-order valence-corrected chi connectivity index (χ2v) is 5.02. The summed E-state index contributed by atoms with van der Waals surface area (Å²) >= 11 is 12.2. The van der Waals surface area contributed by atoms with E-state index in [-0.39, 0.29) is 11.8 Å². The monoisotopic (exact) mass is 287 g/mol. The highest BCUT2D eigenvalue weighted by Gasteiger charge is 2.25. The van der Waals surface area contributed by atoms with Crippen LogP contribution in [0.1, 0.15) is 30.1 Å². The van der Waals surface area contributed by atoms with E-state index in [0.29, 0.717) is 28.0 Å². The van der Waals surface area contributed by atoms with Crippen LogP contribution in [0, 0.1) is 0 Å². The van der Waals surface area contributed by atoms with Crippen molar-refractivity contribution in [2.24, 2.45) is 0 Å². The molecule has 0 spiro atoms. The first-order chi connectivity index (χ1) is 8.63. The number of rotatable bonds is 4. The first kappa shape index (κ1) is 13.7. The Morgan fingerprint density at radius 3 is 2.83 bits per heavy atom. The Balaban J connectivity index is 2.27. The molecule has 1 atom stereocenters. The zero-order valence-electron chi connectivity index (χ0n) is 10.1. The molecule has 2 rings (SSSR count). The summed E-state index contributed by atoms with van der Waals surface area (Å²) in [6.45, 7) is 3.25. The molecule has 0 radical (unpaired) electrons. The lowest BCUT2D eigenvalue weighted by atomic mass is 10.0. The van der Waals surface area contributed by atoms with E-state index < -0.39 is 0 Å². The summed E-state index contributed by atoms with van der Waals surface area (Å²) in [4.78, 5) is 12.2. The van der Waals surface area contributed by atoms with E-state index in [1.165, 1.54) is 0 Å². The summed E-state index contributed by atoms with van der Waals surface area (Å²) in [6.07, 6.45) is 1.86. The van der Waals surface area contributed by atoms with Crippen molar-refractivity contribution in [3.05, 3.63) is 27.7 Å². The third kappa shape index (κ3) is 2.79. The Bertz CT molecular complexity index is 457. The Labute approximate surface area is 116 Å². The van der Waals surface area contributed by atoms with Gasteiger partial charge in [0.25, 0.3) is 0 Å². The zero-order valence-corrected chi connectivity index (χ0v) is 11.6. The van der Waals surface area contributed by atoms with Gasteiger partial charge in [0.2, 0.25) is 0 Å². The van der Waals surface area contributed by atoms with Crippen LogP contribution in [0.4, 0.5) is 0 Å². The van der Waals surface area contributed by atoms with Gasteiger partial charge in [-0.25, -0.2) is 0 Å². The molecule has 1 heterocycles. The number of ether oxygens (including phenoxy) is 1. The van der Waals surface area contributed by atoms with Gasteiger partial charge in [0.05, 0.1) is 22.7 Å². The van der Waals surface area contributed by atoms with Crippen molar-refractivity contribution in [1.29, 1.82) is 0 Å². The Morgan fingerprint density at radius 2 is 2.22 bits per heavy atom. The van der Waals surface area contributed by atoms with Crippen molar-refractivity contribution in [3.8, 4) is 5.75 Å². The number of hydrogen-bond donors (Lipinski definition) is 1. The first-order valence-electron chi connectivity index (χ1n) is 6.03. The molecule has 1 saturated heterocycles. The molecule has 1 aliphatic rings. The van der Waals surface area contributed by atoms with Gasteiger partial charge >= 0.3 is 0 Å². The Morgan fingerprint density at radius 1 is 1.44 bits per heavy atom. The molecule has 0 aliphatic carbocycles. The number of nitrogens with one attached hydrogen (secondary N) is 1. The summed E-state index contributed by atoms with van der Waals surface area (Å²) < 4.78 is 5.33. The van der Waals surface area contributed by atoms with Crippen LogP contribution in [-0.4, -0.2) is 25.0 Å². The normalized spacial score (nSPS) is 18.9. The molecule has 0 amide bonds. The van der Waals surface area contributed by atoms with Crippen molar-refractivity contribution in [2.45, 2.75) is 25.8 Å².